The molecular formula is C22H24F3N3O. The van der Waals surface area contributed by atoms with Gasteiger partial charge >= 0.3 is 6.18 Å². The molecule has 0 saturated heterocycles. The van der Waals surface area contributed by atoms with Crippen molar-refractivity contribution in [3.8, 4) is 17.0 Å². The lowest BCUT2D eigenvalue weighted by atomic mass is 9.51. The lowest BCUT2D eigenvalue weighted by Gasteiger charge is -2.57. The summed E-state index contributed by atoms with van der Waals surface area (Å²) in [6.07, 6.45) is 2.97. The van der Waals surface area contributed by atoms with E-state index >= 15 is 0 Å². The number of aromatic hydroxyl groups is 1. The fourth-order valence-corrected chi connectivity index (χ4v) is 5.10. The first-order valence-corrected chi connectivity index (χ1v) is 9.73. The Hall–Kier alpha value is -2.57. The summed E-state index contributed by atoms with van der Waals surface area (Å²) in [5.41, 5.74) is 7.15. The summed E-state index contributed by atoms with van der Waals surface area (Å²) in [4.78, 5) is 9.13. The zero-order chi connectivity index (χ0) is 21.0. The third-order valence-corrected chi connectivity index (χ3v) is 6.27. The number of aryl methyl sites for hydroxylation is 1. The first kappa shape index (κ1) is 19.7. The van der Waals surface area contributed by atoms with Crippen molar-refractivity contribution in [3.63, 3.8) is 0 Å². The van der Waals surface area contributed by atoms with E-state index in [2.05, 4.69) is 11.9 Å². The van der Waals surface area contributed by atoms with Crippen molar-refractivity contribution in [2.24, 2.45) is 10.4 Å². The average molecular weight is 403 g/mol. The number of phenols is 1. The van der Waals surface area contributed by atoms with Crippen LogP contribution in [0.3, 0.4) is 0 Å². The van der Waals surface area contributed by atoms with E-state index in [1.165, 1.54) is 19.8 Å². The molecule has 1 aromatic carbocycles. The van der Waals surface area contributed by atoms with E-state index in [1.807, 2.05) is 0 Å². The summed E-state index contributed by atoms with van der Waals surface area (Å²) in [6, 6.07) is 5.11. The molecule has 2 aromatic rings. The lowest BCUT2D eigenvalue weighted by Crippen LogP contribution is -2.52. The molecule has 0 amide bonds. The van der Waals surface area contributed by atoms with Gasteiger partial charge in [0.05, 0.1) is 16.8 Å². The van der Waals surface area contributed by atoms with Crippen molar-refractivity contribution in [1.82, 2.24) is 4.98 Å². The Morgan fingerprint density at radius 3 is 2.52 bits per heavy atom. The fraction of sp³-hybridized carbons (Fsp3) is 0.455. The topological polar surface area (TPSA) is 71.5 Å². The molecule has 3 aliphatic rings. The zero-order valence-corrected chi connectivity index (χ0v) is 16.5. The number of rotatable bonds is 3. The Morgan fingerprint density at radius 1 is 1.21 bits per heavy atom. The van der Waals surface area contributed by atoms with Gasteiger partial charge in [-0.25, -0.2) is 4.98 Å². The van der Waals surface area contributed by atoms with E-state index in [4.69, 9.17) is 10.7 Å². The second kappa shape index (κ2) is 6.47. The number of nitrogens with two attached hydrogens (primary N) is 1. The summed E-state index contributed by atoms with van der Waals surface area (Å²) in [5, 5.41) is 10.2. The molecule has 2 bridgehead atoms. The highest BCUT2D eigenvalue weighted by molar-refractivity contribution is 5.87. The number of alkyl halides is 3. The van der Waals surface area contributed by atoms with Crippen molar-refractivity contribution in [2.45, 2.75) is 57.7 Å². The first-order chi connectivity index (χ1) is 13.5. The number of anilines is 1. The second-order valence-electron chi connectivity index (χ2n) is 8.86. The highest BCUT2D eigenvalue weighted by Crippen LogP contribution is 2.59. The van der Waals surface area contributed by atoms with Crippen LogP contribution in [-0.4, -0.2) is 21.8 Å². The number of halogens is 3. The maximum atomic E-state index is 12.9. The molecule has 5 rings (SSSR count). The number of pyridine rings is 1. The van der Waals surface area contributed by atoms with Gasteiger partial charge < -0.3 is 10.8 Å². The summed E-state index contributed by atoms with van der Waals surface area (Å²) in [6.45, 7) is 3.82. The van der Waals surface area contributed by atoms with E-state index in [-0.39, 0.29) is 22.5 Å². The van der Waals surface area contributed by atoms with E-state index in [1.54, 1.807) is 18.3 Å². The molecule has 0 spiro atoms. The Kier molecular flexibility index (Phi) is 4.40. The Labute approximate surface area is 167 Å². The van der Waals surface area contributed by atoms with Crippen LogP contribution in [0.5, 0.6) is 5.75 Å². The van der Waals surface area contributed by atoms with Crippen LogP contribution in [-0.2, 0) is 6.18 Å². The predicted molar refractivity (Wildman–Crippen MR) is 107 cm³/mol. The molecule has 4 nitrogen and oxygen atoms in total. The maximum Gasteiger partial charge on any atom is 0.416 e. The van der Waals surface area contributed by atoms with Crippen molar-refractivity contribution in [2.75, 3.05) is 5.73 Å². The summed E-state index contributed by atoms with van der Waals surface area (Å²) in [7, 11) is 0. The van der Waals surface area contributed by atoms with Crippen molar-refractivity contribution >= 4 is 12.0 Å². The maximum absolute atomic E-state index is 12.9. The quantitative estimate of drug-likeness (QED) is 0.664. The smallest absolute Gasteiger partial charge is 0.416 e. The van der Waals surface area contributed by atoms with Gasteiger partial charge in [-0.3, -0.25) is 4.99 Å². The minimum Gasteiger partial charge on any atom is -0.507 e. The van der Waals surface area contributed by atoms with Gasteiger partial charge in [-0.05, 0) is 67.9 Å². The number of nitrogen functional groups attached to an aromatic ring is 1. The van der Waals surface area contributed by atoms with Gasteiger partial charge in [0.15, 0.2) is 0 Å². The fourth-order valence-electron chi connectivity index (χ4n) is 5.10. The number of benzene rings is 1. The molecule has 1 heterocycles. The number of aromatic nitrogens is 1. The van der Waals surface area contributed by atoms with Crippen molar-refractivity contribution in [3.05, 3.63) is 41.0 Å². The molecule has 3 N–H and O–H groups in total. The van der Waals surface area contributed by atoms with Gasteiger partial charge in [0.1, 0.15) is 11.6 Å². The van der Waals surface area contributed by atoms with Crippen molar-refractivity contribution in [1.29, 1.82) is 0 Å². The highest BCUT2D eigenvalue weighted by atomic mass is 19.4. The molecule has 3 aliphatic carbocycles. The third kappa shape index (κ3) is 3.58. The molecular weight excluding hydrogens is 379 g/mol. The summed E-state index contributed by atoms with van der Waals surface area (Å²) < 4.78 is 38.8. The molecule has 3 saturated carbocycles. The Balaban J connectivity index is 1.61. The monoisotopic (exact) mass is 403 g/mol. The largest absolute Gasteiger partial charge is 0.507 e. The standard InChI is InChI=1S/C22H24F3N3O/c1-13-8-15(22(23,24)25)9-17(29)18(13)16-5-4-14(19(26)28-16)10-27-21-7-3-6-20(2,11-21)12-21/h4-5,8-10,29H,3,6-7,11-12H2,1-2H3,(H2,26,28). The number of fused-ring (bicyclic) bond motifs is 2. The SMILES string of the molecule is Cc1cc(C(F)(F)F)cc(O)c1-c1ccc(C=NC23CCCC(C)(C2)C3)c(N)n1. The minimum absolute atomic E-state index is 0.0143. The molecule has 0 radical (unpaired) electrons. The molecule has 154 valence electrons. The van der Waals surface area contributed by atoms with Crippen LogP contribution in [0.15, 0.2) is 29.3 Å². The average Bonchev–Trinajstić information content (AvgIpc) is 2.59. The third-order valence-electron chi connectivity index (χ3n) is 6.27. The van der Waals surface area contributed by atoms with Gasteiger partial charge in [-0.1, -0.05) is 13.3 Å². The van der Waals surface area contributed by atoms with Crippen LogP contribution < -0.4 is 5.73 Å². The van der Waals surface area contributed by atoms with Crippen LogP contribution in [0.1, 0.15) is 55.7 Å². The van der Waals surface area contributed by atoms with Gasteiger partial charge in [-0.15, -0.1) is 0 Å². The van der Waals surface area contributed by atoms with E-state index in [9.17, 15) is 18.3 Å². The number of hydrogen-bond acceptors (Lipinski definition) is 4. The Morgan fingerprint density at radius 2 is 1.93 bits per heavy atom. The predicted octanol–water partition coefficient (Wildman–Crippen LogP) is 5.51. The molecule has 0 aliphatic heterocycles. The van der Waals surface area contributed by atoms with Gasteiger partial charge in [0, 0.05) is 17.3 Å². The normalized spacial score (nSPS) is 26.5. The molecule has 29 heavy (non-hydrogen) atoms. The second-order valence-corrected chi connectivity index (χ2v) is 8.86. The van der Waals surface area contributed by atoms with Crippen LogP contribution in [0.4, 0.5) is 19.0 Å². The van der Waals surface area contributed by atoms with Gasteiger partial charge in [0.2, 0.25) is 0 Å². The lowest BCUT2D eigenvalue weighted by molar-refractivity contribution is -0.137. The van der Waals surface area contributed by atoms with E-state index in [0.717, 1.165) is 25.3 Å². The number of nitrogens with zero attached hydrogens (tertiary/aromatic N) is 2. The molecule has 0 atom stereocenters. The van der Waals surface area contributed by atoms with E-state index in [0.29, 0.717) is 22.7 Å². The van der Waals surface area contributed by atoms with E-state index < -0.39 is 17.5 Å². The van der Waals surface area contributed by atoms with Gasteiger partial charge in [0.25, 0.3) is 0 Å². The van der Waals surface area contributed by atoms with Crippen molar-refractivity contribution < 1.29 is 18.3 Å². The molecule has 0 unspecified atom stereocenters. The summed E-state index contributed by atoms with van der Waals surface area (Å²) >= 11 is 0. The first-order valence-electron chi connectivity index (χ1n) is 9.73. The highest BCUT2D eigenvalue weighted by Gasteiger charge is 2.54. The van der Waals surface area contributed by atoms with Crippen LogP contribution in [0, 0.1) is 12.3 Å². The zero-order valence-electron chi connectivity index (χ0n) is 16.5. The number of aliphatic imine (C=N–C) groups is 1. The molecule has 7 heteroatoms. The van der Waals surface area contributed by atoms with Gasteiger partial charge in [-0.2, -0.15) is 13.2 Å². The molecule has 1 aromatic heterocycles. The van der Waals surface area contributed by atoms with Crippen LogP contribution in [0.25, 0.3) is 11.3 Å². The van der Waals surface area contributed by atoms with Crippen LogP contribution >= 0.6 is 0 Å². The van der Waals surface area contributed by atoms with Crippen LogP contribution in [0.2, 0.25) is 0 Å². The minimum atomic E-state index is -4.52. The summed E-state index contributed by atoms with van der Waals surface area (Å²) in [5.74, 6) is -0.236. The Bertz CT molecular complexity index is 968. The number of phenolic OH excluding ortho intramolecular Hbond substituents is 1. The molecule has 3 fully saturated rings. The number of hydrogen-bond donors (Lipinski definition) is 2.